The molecule has 0 spiro atoms. The monoisotopic (exact) mass is 374 g/mol. The lowest BCUT2D eigenvalue weighted by molar-refractivity contribution is 0.175. The maximum atomic E-state index is 9.38. The number of aromatic nitrogens is 3. The maximum absolute atomic E-state index is 9.38. The van der Waals surface area contributed by atoms with Crippen LogP contribution in [-0.2, 0) is 6.42 Å². The second kappa shape index (κ2) is 10.9. The van der Waals surface area contributed by atoms with Gasteiger partial charge >= 0.3 is 0 Å². The van der Waals surface area contributed by atoms with Crippen molar-refractivity contribution in [3.8, 4) is 0 Å². The van der Waals surface area contributed by atoms with Gasteiger partial charge in [-0.3, -0.25) is 9.39 Å². The summed E-state index contributed by atoms with van der Waals surface area (Å²) in [6, 6.07) is 5.93. The molecule has 2 rings (SSSR count). The number of hydrogen-bond donors (Lipinski definition) is 3. The number of aliphatic hydroxyl groups is 1. The van der Waals surface area contributed by atoms with Crippen molar-refractivity contribution in [3.63, 3.8) is 0 Å². The molecule has 0 aromatic carbocycles. The second-order valence-corrected chi connectivity index (χ2v) is 6.95. The molecule has 0 atom stereocenters. The second-order valence-electron chi connectivity index (χ2n) is 6.95. The Morgan fingerprint density at radius 3 is 2.70 bits per heavy atom. The van der Waals surface area contributed by atoms with Crippen LogP contribution in [0.3, 0.4) is 0 Å². The first-order valence-corrected chi connectivity index (χ1v) is 10.1. The third-order valence-corrected chi connectivity index (χ3v) is 5.31. The minimum atomic E-state index is 0.0809. The molecule has 0 saturated heterocycles. The average molecular weight is 375 g/mol. The Kier molecular flexibility index (Phi) is 8.51. The molecule has 2 aromatic rings. The summed E-state index contributed by atoms with van der Waals surface area (Å²) in [7, 11) is 0. The fourth-order valence-corrected chi connectivity index (χ4v) is 3.25. The highest BCUT2D eigenvalue weighted by Gasteiger charge is 2.25. The van der Waals surface area contributed by atoms with E-state index in [1.165, 1.54) is 0 Å². The number of hydrogen-bond acceptors (Lipinski definition) is 4. The lowest BCUT2D eigenvalue weighted by Gasteiger charge is -2.29. The number of guanidine groups is 1. The van der Waals surface area contributed by atoms with Crippen molar-refractivity contribution in [2.75, 3.05) is 26.2 Å². The number of nitrogens with zero attached hydrogens (tertiary/aromatic N) is 4. The van der Waals surface area contributed by atoms with Crippen LogP contribution in [0.15, 0.2) is 29.4 Å². The van der Waals surface area contributed by atoms with E-state index in [0.717, 1.165) is 69.2 Å². The van der Waals surface area contributed by atoms with Gasteiger partial charge in [0.25, 0.3) is 0 Å². The summed E-state index contributed by atoms with van der Waals surface area (Å²) in [6.45, 7) is 9.01. The summed E-state index contributed by atoms with van der Waals surface area (Å²) >= 11 is 0. The molecule has 0 saturated carbocycles. The van der Waals surface area contributed by atoms with E-state index in [-0.39, 0.29) is 12.0 Å². The van der Waals surface area contributed by atoms with Gasteiger partial charge in [0, 0.05) is 38.9 Å². The molecule has 2 heterocycles. The highest BCUT2D eigenvalue weighted by molar-refractivity contribution is 5.79. The number of fused-ring (bicyclic) bond motifs is 1. The minimum absolute atomic E-state index is 0.0809. The molecule has 27 heavy (non-hydrogen) atoms. The Hall–Kier alpha value is -2.15. The molecule has 7 nitrogen and oxygen atoms in total. The van der Waals surface area contributed by atoms with Crippen LogP contribution in [0.4, 0.5) is 0 Å². The topological polar surface area (TPSA) is 86.8 Å². The molecule has 150 valence electrons. The predicted molar refractivity (Wildman–Crippen MR) is 110 cm³/mol. The largest absolute Gasteiger partial charge is 0.396 e. The van der Waals surface area contributed by atoms with Crippen LogP contribution in [0.25, 0.3) is 5.65 Å². The zero-order valence-electron chi connectivity index (χ0n) is 16.9. The van der Waals surface area contributed by atoms with Crippen LogP contribution in [-0.4, -0.2) is 51.9 Å². The minimum Gasteiger partial charge on any atom is -0.396 e. The van der Waals surface area contributed by atoms with Crippen molar-refractivity contribution in [2.45, 2.75) is 52.9 Å². The Balaban J connectivity index is 1.88. The van der Waals surface area contributed by atoms with Crippen LogP contribution in [0.2, 0.25) is 0 Å². The fraction of sp³-hybridized carbons (Fsp3) is 0.650. The van der Waals surface area contributed by atoms with Crippen LogP contribution in [0.5, 0.6) is 0 Å². The number of aliphatic imine (C=N–C) groups is 1. The van der Waals surface area contributed by atoms with Crippen LogP contribution in [0, 0.1) is 5.41 Å². The van der Waals surface area contributed by atoms with E-state index in [0.29, 0.717) is 0 Å². The van der Waals surface area contributed by atoms with Gasteiger partial charge in [-0.15, -0.1) is 10.2 Å². The fourth-order valence-electron chi connectivity index (χ4n) is 3.25. The quantitative estimate of drug-likeness (QED) is 0.319. The molecule has 7 heteroatoms. The highest BCUT2D eigenvalue weighted by atomic mass is 16.3. The van der Waals surface area contributed by atoms with E-state index in [2.05, 4.69) is 41.6 Å². The first-order valence-electron chi connectivity index (χ1n) is 10.1. The molecule has 0 radical (unpaired) electrons. The molecule has 0 aliphatic rings. The maximum Gasteiger partial charge on any atom is 0.191 e. The van der Waals surface area contributed by atoms with Crippen LogP contribution < -0.4 is 10.6 Å². The Morgan fingerprint density at radius 1 is 1.19 bits per heavy atom. The molecule has 3 N–H and O–H groups in total. The van der Waals surface area contributed by atoms with Crippen LogP contribution >= 0.6 is 0 Å². The van der Waals surface area contributed by atoms with E-state index in [1.807, 2.05) is 28.8 Å². The van der Waals surface area contributed by atoms with Crippen molar-refractivity contribution in [3.05, 3.63) is 30.2 Å². The van der Waals surface area contributed by atoms with Gasteiger partial charge in [-0.2, -0.15) is 0 Å². The Morgan fingerprint density at radius 2 is 2.00 bits per heavy atom. The summed E-state index contributed by atoms with van der Waals surface area (Å²) in [5.74, 6) is 1.82. The smallest absolute Gasteiger partial charge is 0.191 e. The van der Waals surface area contributed by atoms with Crippen molar-refractivity contribution in [1.29, 1.82) is 0 Å². The predicted octanol–water partition coefficient (Wildman–Crippen LogP) is 2.41. The summed E-state index contributed by atoms with van der Waals surface area (Å²) in [4.78, 5) is 4.78. The van der Waals surface area contributed by atoms with E-state index in [9.17, 15) is 5.11 Å². The van der Waals surface area contributed by atoms with Gasteiger partial charge in [0.15, 0.2) is 11.6 Å². The Bertz CT molecular complexity index is 707. The standard InChI is InChI=1S/C20H34N6O/c1-4-20(5-2,12-15-27)16-23-19(21-6-3)22-13-9-11-18-25-24-17-10-7-8-14-26(17)18/h7-8,10,14,27H,4-6,9,11-13,15-16H2,1-3H3,(H2,21,22,23). The molecule has 0 fully saturated rings. The number of aliphatic hydroxyl groups excluding tert-OH is 1. The first kappa shape index (κ1) is 21.2. The zero-order chi connectivity index (χ0) is 19.5. The lowest BCUT2D eigenvalue weighted by Crippen LogP contribution is -2.39. The van der Waals surface area contributed by atoms with Gasteiger partial charge in [0.05, 0.1) is 0 Å². The SMILES string of the molecule is CCNC(=NCC(CC)(CC)CCO)NCCCc1nnc2ccccn12. The van der Waals surface area contributed by atoms with Gasteiger partial charge in [-0.1, -0.05) is 19.9 Å². The molecule has 0 aliphatic heterocycles. The molecule has 0 bridgehead atoms. The van der Waals surface area contributed by atoms with Gasteiger partial charge in [-0.05, 0) is 50.2 Å². The van der Waals surface area contributed by atoms with Crippen molar-refractivity contribution >= 4 is 11.6 Å². The Labute approximate surface area is 162 Å². The lowest BCUT2D eigenvalue weighted by atomic mass is 9.79. The summed E-state index contributed by atoms with van der Waals surface area (Å²) < 4.78 is 2.03. The number of aryl methyl sites for hydroxylation is 1. The summed E-state index contributed by atoms with van der Waals surface area (Å²) in [5, 5.41) is 24.6. The first-order chi connectivity index (χ1) is 13.2. The van der Waals surface area contributed by atoms with E-state index < -0.39 is 0 Å². The zero-order valence-corrected chi connectivity index (χ0v) is 16.9. The van der Waals surface area contributed by atoms with E-state index in [4.69, 9.17) is 4.99 Å². The molecular weight excluding hydrogens is 340 g/mol. The molecule has 0 amide bonds. The summed E-state index contributed by atoms with van der Waals surface area (Å²) in [6.07, 6.45) is 6.64. The van der Waals surface area contributed by atoms with Gasteiger partial charge < -0.3 is 15.7 Å². The van der Waals surface area contributed by atoms with Crippen molar-refractivity contribution in [2.24, 2.45) is 10.4 Å². The number of rotatable bonds is 11. The van der Waals surface area contributed by atoms with Crippen LogP contribution in [0.1, 0.15) is 52.3 Å². The normalized spacial score (nSPS) is 12.5. The average Bonchev–Trinajstić information content (AvgIpc) is 3.11. The van der Waals surface area contributed by atoms with E-state index in [1.54, 1.807) is 0 Å². The van der Waals surface area contributed by atoms with E-state index >= 15 is 0 Å². The van der Waals surface area contributed by atoms with Gasteiger partial charge in [0.1, 0.15) is 5.82 Å². The molecular formula is C20H34N6O. The third kappa shape index (κ3) is 5.92. The van der Waals surface area contributed by atoms with Gasteiger partial charge in [-0.25, -0.2) is 0 Å². The third-order valence-electron chi connectivity index (χ3n) is 5.31. The van der Waals surface area contributed by atoms with Crippen molar-refractivity contribution < 1.29 is 5.11 Å². The van der Waals surface area contributed by atoms with Gasteiger partial charge in [0.2, 0.25) is 0 Å². The highest BCUT2D eigenvalue weighted by Crippen LogP contribution is 2.30. The molecule has 2 aromatic heterocycles. The van der Waals surface area contributed by atoms with Crippen molar-refractivity contribution in [1.82, 2.24) is 25.2 Å². The number of pyridine rings is 1. The number of nitrogens with one attached hydrogen (secondary N) is 2. The molecule has 0 unspecified atom stereocenters. The molecule has 0 aliphatic carbocycles. The summed E-state index contributed by atoms with van der Waals surface area (Å²) in [5.41, 5.74) is 0.965.